The van der Waals surface area contributed by atoms with E-state index in [1.807, 2.05) is 6.07 Å². The summed E-state index contributed by atoms with van der Waals surface area (Å²) in [7, 11) is 0. The van der Waals surface area contributed by atoms with Gasteiger partial charge in [-0.2, -0.15) is 0 Å². The molecule has 0 saturated carbocycles. The van der Waals surface area contributed by atoms with Crippen LogP contribution in [-0.2, 0) is 11.2 Å². The number of fused-ring (bicyclic) bond motifs is 3. The molecule has 3 N–H and O–H groups in total. The molecule has 1 aromatic rings. The van der Waals surface area contributed by atoms with Crippen molar-refractivity contribution in [3.63, 3.8) is 0 Å². The van der Waals surface area contributed by atoms with Gasteiger partial charge in [-0.25, -0.2) is 0 Å². The number of ether oxygens (including phenoxy) is 1. The lowest BCUT2D eigenvalue weighted by molar-refractivity contribution is -0.118. The number of rotatable bonds is 2. The third-order valence-electron chi connectivity index (χ3n) is 3.61. The number of carbonyl (C=O) groups excluding carboxylic acids is 1. The Balaban J connectivity index is 2.06. The molecule has 1 aromatic carbocycles. The lowest BCUT2D eigenvalue weighted by Crippen LogP contribution is -2.26. The van der Waals surface area contributed by atoms with Gasteiger partial charge in [0.05, 0.1) is 5.69 Å². The van der Waals surface area contributed by atoms with Crippen LogP contribution in [0.1, 0.15) is 29.9 Å². The minimum atomic E-state index is -0.0655. The smallest absolute Gasteiger partial charge is 0.262 e. The number of benzene rings is 1. The summed E-state index contributed by atoms with van der Waals surface area (Å²) < 4.78 is 5.44. The number of hydrogen-bond acceptors (Lipinski definition) is 3. The van der Waals surface area contributed by atoms with Crippen LogP contribution in [-0.4, -0.2) is 19.1 Å². The molecule has 17 heavy (non-hydrogen) atoms. The minimum Gasteiger partial charge on any atom is -0.482 e. The summed E-state index contributed by atoms with van der Waals surface area (Å²) in [5.41, 5.74) is 9.11. The van der Waals surface area contributed by atoms with E-state index in [0.29, 0.717) is 12.5 Å². The monoisotopic (exact) mass is 232 g/mol. The Morgan fingerprint density at radius 1 is 1.47 bits per heavy atom. The van der Waals surface area contributed by atoms with Gasteiger partial charge in [-0.1, -0.05) is 6.07 Å². The second kappa shape index (κ2) is 4.04. The molecule has 0 bridgehead atoms. The zero-order chi connectivity index (χ0) is 11.8. The van der Waals surface area contributed by atoms with E-state index < -0.39 is 0 Å². The number of carbonyl (C=O) groups is 1. The van der Waals surface area contributed by atoms with Crippen molar-refractivity contribution in [1.29, 1.82) is 0 Å². The normalized spacial score (nSPS) is 21.5. The van der Waals surface area contributed by atoms with Crippen LogP contribution in [0.25, 0.3) is 0 Å². The van der Waals surface area contributed by atoms with Crippen molar-refractivity contribution in [2.45, 2.75) is 25.2 Å². The molecule has 1 unspecified atom stereocenters. The first kappa shape index (κ1) is 10.6. The highest BCUT2D eigenvalue weighted by Gasteiger charge is 2.29. The summed E-state index contributed by atoms with van der Waals surface area (Å²) in [6.45, 7) is 0.802. The first-order valence-electron chi connectivity index (χ1n) is 6.08. The van der Waals surface area contributed by atoms with E-state index in [9.17, 15) is 4.79 Å². The molecule has 1 atom stereocenters. The van der Waals surface area contributed by atoms with Gasteiger partial charge in [-0.15, -0.1) is 0 Å². The average molecular weight is 232 g/mol. The SMILES string of the molecule is NCCC1CCc2ccc3c(c21)NC(=O)CO3. The number of nitrogens with one attached hydrogen (secondary N) is 1. The molecule has 4 heteroatoms. The van der Waals surface area contributed by atoms with Crippen molar-refractivity contribution in [3.8, 4) is 5.75 Å². The van der Waals surface area contributed by atoms with Crippen LogP contribution < -0.4 is 15.8 Å². The van der Waals surface area contributed by atoms with E-state index in [0.717, 1.165) is 30.7 Å². The van der Waals surface area contributed by atoms with Crippen LogP contribution in [0.2, 0.25) is 0 Å². The number of amides is 1. The van der Waals surface area contributed by atoms with Crippen LogP contribution in [0.5, 0.6) is 5.75 Å². The molecule has 3 rings (SSSR count). The van der Waals surface area contributed by atoms with Gasteiger partial charge in [0.2, 0.25) is 0 Å². The summed E-state index contributed by atoms with van der Waals surface area (Å²) in [6, 6.07) is 4.07. The molecule has 1 amide bonds. The highest BCUT2D eigenvalue weighted by atomic mass is 16.5. The molecule has 0 fully saturated rings. The largest absolute Gasteiger partial charge is 0.482 e. The minimum absolute atomic E-state index is 0.0655. The number of aryl methyl sites for hydroxylation is 1. The highest BCUT2D eigenvalue weighted by Crippen LogP contribution is 2.45. The molecule has 0 spiro atoms. The van der Waals surface area contributed by atoms with Crippen LogP contribution >= 0.6 is 0 Å². The van der Waals surface area contributed by atoms with Crippen LogP contribution in [0.4, 0.5) is 5.69 Å². The van der Waals surface area contributed by atoms with Gasteiger partial charge in [0.25, 0.3) is 5.91 Å². The molecule has 1 aliphatic carbocycles. The molecule has 2 aliphatic rings. The Morgan fingerprint density at radius 3 is 3.18 bits per heavy atom. The van der Waals surface area contributed by atoms with Crippen molar-refractivity contribution in [3.05, 3.63) is 23.3 Å². The Morgan fingerprint density at radius 2 is 2.35 bits per heavy atom. The Labute approximate surface area is 100 Å². The van der Waals surface area contributed by atoms with E-state index in [-0.39, 0.29) is 12.5 Å². The van der Waals surface area contributed by atoms with Crippen molar-refractivity contribution < 1.29 is 9.53 Å². The van der Waals surface area contributed by atoms with Crippen molar-refractivity contribution in [1.82, 2.24) is 0 Å². The third kappa shape index (κ3) is 1.69. The lowest BCUT2D eigenvalue weighted by Gasteiger charge is -2.23. The fourth-order valence-electron chi connectivity index (χ4n) is 2.86. The Hall–Kier alpha value is -1.55. The fourth-order valence-corrected chi connectivity index (χ4v) is 2.86. The maximum atomic E-state index is 11.4. The molecule has 1 heterocycles. The topological polar surface area (TPSA) is 64.3 Å². The fraction of sp³-hybridized carbons (Fsp3) is 0.462. The van der Waals surface area contributed by atoms with E-state index in [1.165, 1.54) is 11.1 Å². The summed E-state index contributed by atoms with van der Waals surface area (Å²) in [4.78, 5) is 11.4. The van der Waals surface area contributed by atoms with Gasteiger partial charge < -0.3 is 15.8 Å². The van der Waals surface area contributed by atoms with E-state index >= 15 is 0 Å². The van der Waals surface area contributed by atoms with Crippen molar-refractivity contribution in [2.24, 2.45) is 5.73 Å². The van der Waals surface area contributed by atoms with Gasteiger partial charge in [0.15, 0.2) is 6.61 Å². The van der Waals surface area contributed by atoms with Gasteiger partial charge in [0, 0.05) is 0 Å². The molecule has 1 aliphatic heterocycles. The number of nitrogens with two attached hydrogens (primary N) is 1. The second-order valence-corrected chi connectivity index (χ2v) is 4.66. The van der Waals surface area contributed by atoms with Gasteiger partial charge >= 0.3 is 0 Å². The quantitative estimate of drug-likeness (QED) is 0.810. The van der Waals surface area contributed by atoms with Crippen LogP contribution in [0.3, 0.4) is 0 Å². The number of hydrogen-bond donors (Lipinski definition) is 2. The first-order valence-corrected chi connectivity index (χ1v) is 6.08. The summed E-state index contributed by atoms with van der Waals surface area (Å²) in [6.07, 6.45) is 3.17. The van der Waals surface area contributed by atoms with Crippen LogP contribution in [0.15, 0.2) is 12.1 Å². The maximum Gasteiger partial charge on any atom is 0.262 e. The zero-order valence-corrected chi connectivity index (χ0v) is 9.66. The third-order valence-corrected chi connectivity index (χ3v) is 3.61. The predicted octanol–water partition coefficient (Wildman–Crippen LogP) is 1.40. The average Bonchev–Trinajstić information content (AvgIpc) is 2.73. The van der Waals surface area contributed by atoms with Gasteiger partial charge in [0.1, 0.15) is 5.75 Å². The van der Waals surface area contributed by atoms with Crippen molar-refractivity contribution >= 4 is 11.6 Å². The van der Waals surface area contributed by atoms with Crippen molar-refractivity contribution in [2.75, 3.05) is 18.5 Å². The summed E-state index contributed by atoms with van der Waals surface area (Å²) in [5.74, 6) is 1.20. The Bertz CT molecular complexity index is 469. The molecular formula is C13H16N2O2. The summed E-state index contributed by atoms with van der Waals surface area (Å²) in [5, 5.41) is 2.94. The molecule has 0 radical (unpaired) electrons. The van der Waals surface area contributed by atoms with E-state index in [2.05, 4.69) is 11.4 Å². The lowest BCUT2D eigenvalue weighted by atomic mass is 9.95. The first-order chi connectivity index (χ1) is 8.29. The maximum absolute atomic E-state index is 11.4. The number of anilines is 1. The highest BCUT2D eigenvalue weighted by molar-refractivity contribution is 5.96. The predicted molar refractivity (Wildman–Crippen MR) is 65.3 cm³/mol. The van der Waals surface area contributed by atoms with E-state index in [1.54, 1.807) is 0 Å². The van der Waals surface area contributed by atoms with Crippen LogP contribution in [0, 0.1) is 0 Å². The molecule has 4 nitrogen and oxygen atoms in total. The standard InChI is InChI=1S/C13H16N2O2/c14-6-5-9-2-1-8-3-4-10-13(12(8)9)15-11(16)7-17-10/h3-4,9H,1-2,5-7,14H2,(H,15,16). The van der Waals surface area contributed by atoms with Gasteiger partial charge in [-0.3, -0.25) is 4.79 Å². The Kier molecular flexibility index (Phi) is 2.52. The zero-order valence-electron chi connectivity index (χ0n) is 9.66. The molecule has 90 valence electrons. The molecule has 0 aromatic heterocycles. The molecule has 0 saturated heterocycles. The second-order valence-electron chi connectivity index (χ2n) is 4.66. The molecular weight excluding hydrogens is 216 g/mol. The van der Waals surface area contributed by atoms with Gasteiger partial charge in [-0.05, 0) is 48.9 Å². The van der Waals surface area contributed by atoms with E-state index in [4.69, 9.17) is 10.5 Å². The summed E-state index contributed by atoms with van der Waals surface area (Å²) >= 11 is 0.